The summed E-state index contributed by atoms with van der Waals surface area (Å²) in [5.41, 5.74) is 4.85. The van der Waals surface area contributed by atoms with Gasteiger partial charge in [-0.3, -0.25) is 9.59 Å². The van der Waals surface area contributed by atoms with E-state index in [1.807, 2.05) is 0 Å². The molecule has 1 amide bonds. The van der Waals surface area contributed by atoms with E-state index in [1.54, 1.807) is 7.05 Å². The normalized spacial score (nSPS) is 19.5. The van der Waals surface area contributed by atoms with Crippen LogP contribution in [0.3, 0.4) is 0 Å². The van der Waals surface area contributed by atoms with E-state index >= 15 is 0 Å². The van der Waals surface area contributed by atoms with Gasteiger partial charge in [-0.1, -0.05) is 12.8 Å². The number of rotatable bonds is 6. The van der Waals surface area contributed by atoms with E-state index in [0.717, 1.165) is 12.8 Å². The van der Waals surface area contributed by atoms with Crippen LogP contribution in [0, 0.1) is 0 Å². The summed E-state index contributed by atoms with van der Waals surface area (Å²) >= 11 is 0. The number of hydrogen-bond acceptors (Lipinski definition) is 4. The van der Waals surface area contributed by atoms with Crippen LogP contribution in [0.25, 0.3) is 0 Å². The highest BCUT2D eigenvalue weighted by Gasteiger charge is 2.34. The number of likely N-dealkylation sites (N-methyl/N-ethyl adjacent to an activating group) is 1. The maximum absolute atomic E-state index is 11.9. The van der Waals surface area contributed by atoms with Crippen molar-refractivity contribution in [1.29, 1.82) is 0 Å². The first-order chi connectivity index (χ1) is 8.34. The van der Waals surface area contributed by atoms with Gasteiger partial charge in [0, 0.05) is 20.0 Å². The molecule has 0 saturated heterocycles. The lowest BCUT2D eigenvalue weighted by Gasteiger charge is -2.30. The summed E-state index contributed by atoms with van der Waals surface area (Å²) in [5, 5.41) is 18.7. The highest BCUT2D eigenvalue weighted by atomic mass is 16.4. The molecule has 0 spiro atoms. The highest BCUT2D eigenvalue weighted by Crippen LogP contribution is 2.29. The maximum Gasteiger partial charge on any atom is 0.303 e. The zero-order chi connectivity index (χ0) is 13.8. The van der Waals surface area contributed by atoms with Crippen molar-refractivity contribution in [2.24, 2.45) is 5.73 Å². The molecule has 0 aromatic carbocycles. The Hall–Kier alpha value is -1.14. The molecule has 1 saturated carbocycles. The molecule has 18 heavy (non-hydrogen) atoms. The Morgan fingerprint density at radius 2 is 1.94 bits per heavy atom. The molecule has 1 fully saturated rings. The molecule has 0 heterocycles. The van der Waals surface area contributed by atoms with E-state index in [0.29, 0.717) is 12.8 Å². The molecule has 1 rings (SSSR count). The fourth-order valence-corrected chi connectivity index (χ4v) is 2.40. The third-order valence-corrected chi connectivity index (χ3v) is 3.43. The van der Waals surface area contributed by atoms with Crippen LogP contribution in [0.4, 0.5) is 0 Å². The molecule has 0 aromatic heterocycles. The predicted molar refractivity (Wildman–Crippen MR) is 65.9 cm³/mol. The number of carboxylic acid groups (broad SMARTS) is 1. The van der Waals surface area contributed by atoms with Crippen LogP contribution in [0.5, 0.6) is 0 Å². The summed E-state index contributed by atoms with van der Waals surface area (Å²) in [4.78, 5) is 23.7. The molecule has 1 aliphatic carbocycles. The van der Waals surface area contributed by atoms with Crippen LogP contribution in [0.15, 0.2) is 0 Å². The van der Waals surface area contributed by atoms with Crippen molar-refractivity contribution < 1.29 is 19.8 Å². The summed E-state index contributed by atoms with van der Waals surface area (Å²) < 4.78 is 0. The average molecular weight is 258 g/mol. The number of carboxylic acids is 1. The van der Waals surface area contributed by atoms with Gasteiger partial charge >= 0.3 is 5.97 Å². The van der Waals surface area contributed by atoms with Crippen molar-refractivity contribution in [3.8, 4) is 0 Å². The van der Waals surface area contributed by atoms with Crippen molar-refractivity contribution in [2.45, 2.75) is 50.2 Å². The van der Waals surface area contributed by atoms with Gasteiger partial charge in [-0.2, -0.15) is 0 Å². The maximum atomic E-state index is 11.9. The number of amides is 1. The zero-order valence-electron chi connectivity index (χ0n) is 10.8. The third kappa shape index (κ3) is 4.27. The van der Waals surface area contributed by atoms with Gasteiger partial charge in [-0.25, -0.2) is 0 Å². The largest absolute Gasteiger partial charge is 0.481 e. The Morgan fingerprint density at radius 1 is 1.39 bits per heavy atom. The van der Waals surface area contributed by atoms with Crippen LogP contribution in [0.2, 0.25) is 0 Å². The second-order valence-electron chi connectivity index (χ2n) is 5.16. The van der Waals surface area contributed by atoms with Gasteiger partial charge in [0.05, 0.1) is 11.6 Å². The molecule has 6 nitrogen and oxygen atoms in total. The molecular formula is C12H22N2O4. The Bertz CT molecular complexity index is 313. The Balaban J connectivity index is 2.42. The van der Waals surface area contributed by atoms with Gasteiger partial charge in [0.25, 0.3) is 0 Å². The van der Waals surface area contributed by atoms with E-state index in [-0.39, 0.29) is 25.3 Å². The Morgan fingerprint density at radius 3 is 2.44 bits per heavy atom. The van der Waals surface area contributed by atoms with Gasteiger partial charge in [0.15, 0.2) is 0 Å². The first kappa shape index (κ1) is 14.9. The van der Waals surface area contributed by atoms with Crippen molar-refractivity contribution in [1.82, 2.24) is 4.90 Å². The smallest absolute Gasteiger partial charge is 0.303 e. The van der Waals surface area contributed by atoms with Crippen LogP contribution in [-0.4, -0.2) is 52.2 Å². The summed E-state index contributed by atoms with van der Waals surface area (Å²) in [6.45, 7) is 0.270. The molecule has 0 aromatic rings. The third-order valence-electron chi connectivity index (χ3n) is 3.43. The van der Waals surface area contributed by atoms with Gasteiger partial charge in [-0.15, -0.1) is 0 Å². The lowest BCUT2D eigenvalue weighted by molar-refractivity contribution is -0.138. The average Bonchev–Trinajstić information content (AvgIpc) is 2.71. The predicted octanol–water partition coefficient (Wildman–Crippen LogP) is -0.0580. The summed E-state index contributed by atoms with van der Waals surface area (Å²) in [5.74, 6) is -1.27. The van der Waals surface area contributed by atoms with Gasteiger partial charge in [0.1, 0.15) is 0 Å². The Kier molecular flexibility index (Phi) is 5.10. The fourth-order valence-electron chi connectivity index (χ4n) is 2.40. The number of carbonyl (C=O) groups excluding carboxylic acids is 1. The molecule has 1 aliphatic rings. The summed E-state index contributed by atoms with van der Waals surface area (Å²) in [6.07, 6.45) is 3.36. The van der Waals surface area contributed by atoms with Crippen molar-refractivity contribution in [3.05, 3.63) is 0 Å². The monoisotopic (exact) mass is 258 g/mol. The van der Waals surface area contributed by atoms with E-state index in [2.05, 4.69) is 0 Å². The molecule has 1 unspecified atom stereocenters. The second-order valence-corrected chi connectivity index (χ2v) is 5.16. The fraction of sp³-hybridized carbons (Fsp3) is 0.833. The lowest BCUT2D eigenvalue weighted by Crippen LogP contribution is -2.48. The number of hydrogen-bond donors (Lipinski definition) is 3. The number of nitrogens with two attached hydrogens (primary N) is 1. The number of carbonyl (C=O) groups is 2. The summed E-state index contributed by atoms with van der Waals surface area (Å²) in [7, 11) is 1.60. The molecule has 6 heteroatoms. The molecule has 4 N–H and O–H groups in total. The molecule has 1 atom stereocenters. The van der Waals surface area contributed by atoms with Crippen molar-refractivity contribution in [3.63, 3.8) is 0 Å². The molecular weight excluding hydrogens is 236 g/mol. The molecule has 0 bridgehead atoms. The Labute approximate surface area is 107 Å². The zero-order valence-corrected chi connectivity index (χ0v) is 10.8. The van der Waals surface area contributed by atoms with Crippen molar-refractivity contribution >= 4 is 11.9 Å². The van der Waals surface area contributed by atoms with Gasteiger partial charge in [0.2, 0.25) is 5.91 Å². The minimum Gasteiger partial charge on any atom is -0.481 e. The van der Waals surface area contributed by atoms with Gasteiger partial charge in [-0.05, 0) is 19.3 Å². The SMILES string of the molecule is CN(CC1(O)CCCC1)C(=O)C(N)CCC(=O)O. The van der Waals surface area contributed by atoms with Crippen LogP contribution < -0.4 is 5.73 Å². The molecule has 0 radical (unpaired) electrons. The summed E-state index contributed by atoms with van der Waals surface area (Å²) in [6, 6.07) is -0.809. The van der Waals surface area contributed by atoms with E-state index in [1.165, 1.54) is 4.90 Å². The van der Waals surface area contributed by atoms with Crippen LogP contribution in [0.1, 0.15) is 38.5 Å². The van der Waals surface area contributed by atoms with E-state index in [9.17, 15) is 14.7 Å². The topological polar surface area (TPSA) is 104 Å². The second kappa shape index (κ2) is 6.15. The standard InChI is InChI=1S/C12H22N2O4/c1-14(8-12(18)6-2-3-7-12)11(17)9(13)4-5-10(15)16/h9,18H,2-8,13H2,1H3,(H,15,16). The minimum absolute atomic E-state index is 0.120. The number of nitrogens with zero attached hydrogens (tertiary/aromatic N) is 1. The van der Waals surface area contributed by atoms with Crippen LogP contribution in [-0.2, 0) is 9.59 Å². The van der Waals surface area contributed by atoms with Crippen LogP contribution >= 0.6 is 0 Å². The van der Waals surface area contributed by atoms with E-state index in [4.69, 9.17) is 10.8 Å². The van der Waals surface area contributed by atoms with E-state index < -0.39 is 17.6 Å². The first-order valence-electron chi connectivity index (χ1n) is 6.29. The quantitative estimate of drug-likeness (QED) is 0.619. The van der Waals surface area contributed by atoms with Gasteiger partial charge < -0.3 is 20.8 Å². The molecule has 104 valence electrons. The molecule has 0 aliphatic heterocycles. The number of aliphatic carboxylic acids is 1. The first-order valence-corrected chi connectivity index (χ1v) is 6.29. The highest BCUT2D eigenvalue weighted by molar-refractivity contribution is 5.82. The lowest BCUT2D eigenvalue weighted by atomic mass is 10.0. The number of aliphatic hydroxyl groups is 1. The minimum atomic E-state index is -0.963. The van der Waals surface area contributed by atoms with Crippen molar-refractivity contribution in [2.75, 3.05) is 13.6 Å².